The second-order valence-electron chi connectivity index (χ2n) is 4.49. The third-order valence-electron chi connectivity index (χ3n) is 3.41. The predicted molar refractivity (Wildman–Crippen MR) is 71.6 cm³/mol. The van der Waals surface area contributed by atoms with Crippen LogP contribution >= 0.6 is 12.4 Å². The molecule has 1 aliphatic rings. The lowest BCUT2D eigenvalue weighted by atomic mass is 9.66. The van der Waals surface area contributed by atoms with Gasteiger partial charge in [0, 0.05) is 26.8 Å². The van der Waals surface area contributed by atoms with E-state index >= 15 is 0 Å². The van der Waals surface area contributed by atoms with Gasteiger partial charge in [-0.3, -0.25) is 4.79 Å². The molecule has 1 rings (SSSR count). The topological polar surface area (TPSA) is 50.4 Å². The summed E-state index contributed by atoms with van der Waals surface area (Å²) in [4.78, 5) is 12.0. The molecule has 1 aliphatic carbocycles. The van der Waals surface area contributed by atoms with E-state index in [4.69, 9.17) is 4.74 Å². The third-order valence-corrected chi connectivity index (χ3v) is 3.41. The molecule has 0 aromatic heterocycles. The van der Waals surface area contributed by atoms with Crippen LogP contribution in [0.2, 0.25) is 0 Å². The maximum atomic E-state index is 12.0. The number of rotatable bonds is 8. The Hall–Kier alpha value is -0.320. The summed E-state index contributed by atoms with van der Waals surface area (Å²) in [5, 5.41) is 6.21. The van der Waals surface area contributed by atoms with Crippen LogP contribution < -0.4 is 10.6 Å². The van der Waals surface area contributed by atoms with Crippen molar-refractivity contribution in [3.8, 4) is 0 Å². The fourth-order valence-corrected chi connectivity index (χ4v) is 2.12. The van der Waals surface area contributed by atoms with Crippen LogP contribution in [0.15, 0.2) is 0 Å². The standard InChI is InChI=1S/C12H24N2O2.ClH/c1-3-13-8-9-14-11(15)12(5-4-6-12)7-10-16-2;/h13H,3-10H2,1-2H3,(H,14,15);1H. The first-order chi connectivity index (χ1) is 7.75. The zero-order valence-corrected chi connectivity index (χ0v) is 11.7. The molecule has 4 nitrogen and oxygen atoms in total. The Kier molecular flexibility index (Phi) is 8.56. The van der Waals surface area contributed by atoms with Crippen molar-refractivity contribution in [1.82, 2.24) is 10.6 Å². The highest BCUT2D eigenvalue weighted by Crippen LogP contribution is 2.44. The highest BCUT2D eigenvalue weighted by atomic mass is 35.5. The van der Waals surface area contributed by atoms with Gasteiger partial charge in [0.25, 0.3) is 0 Å². The third kappa shape index (κ3) is 4.82. The normalized spacial score (nSPS) is 16.8. The number of likely N-dealkylation sites (N-methyl/N-ethyl adjacent to an activating group) is 1. The van der Waals surface area contributed by atoms with Gasteiger partial charge in [0.15, 0.2) is 0 Å². The molecule has 0 atom stereocenters. The summed E-state index contributed by atoms with van der Waals surface area (Å²) in [6, 6.07) is 0. The van der Waals surface area contributed by atoms with Crippen LogP contribution in [0.3, 0.4) is 0 Å². The van der Waals surface area contributed by atoms with E-state index in [0.29, 0.717) is 6.61 Å². The van der Waals surface area contributed by atoms with Gasteiger partial charge in [-0.15, -0.1) is 12.4 Å². The molecule has 1 fully saturated rings. The summed E-state index contributed by atoms with van der Waals surface area (Å²) >= 11 is 0. The number of methoxy groups -OCH3 is 1. The molecule has 0 aliphatic heterocycles. The minimum Gasteiger partial charge on any atom is -0.385 e. The van der Waals surface area contributed by atoms with Crippen molar-refractivity contribution in [1.29, 1.82) is 0 Å². The summed E-state index contributed by atoms with van der Waals surface area (Å²) in [6.07, 6.45) is 4.06. The van der Waals surface area contributed by atoms with Crippen LogP contribution in [0.1, 0.15) is 32.6 Å². The first kappa shape index (κ1) is 16.7. The first-order valence-electron chi connectivity index (χ1n) is 6.23. The fraction of sp³-hybridized carbons (Fsp3) is 0.917. The first-order valence-corrected chi connectivity index (χ1v) is 6.23. The van der Waals surface area contributed by atoms with Crippen LogP contribution in [-0.2, 0) is 9.53 Å². The van der Waals surface area contributed by atoms with E-state index in [0.717, 1.165) is 38.9 Å². The average Bonchev–Trinajstić information content (AvgIpc) is 2.23. The molecular weight excluding hydrogens is 240 g/mol. The SMILES string of the molecule is CCNCCNC(=O)C1(CCOC)CCC1.Cl. The van der Waals surface area contributed by atoms with Crippen molar-refractivity contribution < 1.29 is 9.53 Å². The van der Waals surface area contributed by atoms with Crippen molar-refractivity contribution >= 4 is 18.3 Å². The maximum Gasteiger partial charge on any atom is 0.226 e. The summed E-state index contributed by atoms with van der Waals surface area (Å²) in [6.45, 7) is 5.27. The quantitative estimate of drug-likeness (QED) is 0.651. The van der Waals surface area contributed by atoms with Crippen molar-refractivity contribution in [3.05, 3.63) is 0 Å². The van der Waals surface area contributed by atoms with Gasteiger partial charge in [-0.2, -0.15) is 0 Å². The molecule has 2 N–H and O–H groups in total. The van der Waals surface area contributed by atoms with Gasteiger partial charge in [0.1, 0.15) is 0 Å². The average molecular weight is 265 g/mol. The molecule has 0 saturated heterocycles. The molecule has 0 spiro atoms. The van der Waals surface area contributed by atoms with Crippen molar-refractivity contribution in [2.45, 2.75) is 32.6 Å². The lowest BCUT2D eigenvalue weighted by Crippen LogP contribution is -2.47. The molecule has 0 bridgehead atoms. The van der Waals surface area contributed by atoms with Gasteiger partial charge in [-0.05, 0) is 25.8 Å². The molecule has 1 saturated carbocycles. The number of amides is 1. The largest absolute Gasteiger partial charge is 0.385 e. The smallest absolute Gasteiger partial charge is 0.226 e. The van der Waals surface area contributed by atoms with E-state index < -0.39 is 0 Å². The van der Waals surface area contributed by atoms with E-state index in [1.807, 2.05) is 0 Å². The number of hydrogen-bond acceptors (Lipinski definition) is 3. The molecule has 0 unspecified atom stereocenters. The number of halogens is 1. The summed E-state index contributed by atoms with van der Waals surface area (Å²) in [7, 11) is 1.69. The zero-order valence-electron chi connectivity index (χ0n) is 10.9. The lowest BCUT2D eigenvalue weighted by Gasteiger charge is -2.40. The Morgan fingerprint density at radius 3 is 2.53 bits per heavy atom. The molecule has 1 amide bonds. The summed E-state index contributed by atoms with van der Waals surface area (Å²) in [5.41, 5.74) is -0.123. The Morgan fingerprint density at radius 2 is 2.06 bits per heavy atom. The summed E-state index contributed by atoms with van der Waals surface area (Å²) < 4.78 is 5.07. The van der Waals surface area contributed by atoms with Gasteiger partial charge >= 0.3 is 0 Å². The fourth-order valence-electron chi connectivity index (χ4n) is 2.12. The van der Waals surface area contributed by atoms with Gasteiger partial charge in [0.05, 0.1) is 5.41 Å². The Balaban J connectivity index is 0.00000256. The highest BCUT2D eigenvalue weighted by Gasteiger charge is 2.43. The molecule has 0 aromatic carbocycles. The van der Waals surface area contributed by atoms with Crippen molar-refractivity contribution in [3.63, 3.8) is 0 Å². The van der Waals surface area contributed by atoms with E-state index in [-0.39, 0.29) is 23.7 Å². The van der Waals surface area contributed by atoms with Crippen LogP contribution in [-0.4, -0.2) is 39.3 Å². The minimum atomic E-state index is -0.123. The van der Waals surface area contributed by atoms with E-state index in [9.17, 15) is 4.79 Å². The van der Waals surface area contributed by atoms with Gasteiger partial charge in [-0.1, -0.05) is 13.3 Å². The van der Waals surface area contributed by atoms with Crippen LogP contribution in [0, 0.1) is 5.41 Å². The second-order valence-corrected chi connectivity index (χ2v) is 4.49. The lowest BCUT2D eigenvalue weighted by molar-refractivity contribution is -0.137. The number of hydrogen-bond donors (Lipinski definition) is 2. The van der Waals surface area contributed by atoms with E-state index in [1.165, 1.54) is 6.42 Å². The van der Waals surface area contributed by atoms with Crippen molar-refractivity contribution in [2.24, 2.45) is 5.41 Å². The molecule has 0 radical (unpaired) electrons. The maximum absolute atomic E-state index is 12.0. The number of carbonyl (C=O) groups excluding carboxylic acids is 1. The van der Waals surface area contributed by atoms with Crippen LogP contribution in [0.5, 0.6) is 0 Å². The molecule has 17 heavy (non-hydrogen) atoms. The highest BCUT2D eigenvalue weighted by molar-refractivity contribution is 5.85. The number of ether oxygens (including phenoxy) is 1. The Bertz CT molecular complexity index is 221. The molecule has 5 heteroatoms. The predicted octanol–water partition coefficient (Wildman–Crippen LogP) is 1.34. The van der Waals surface area contributed by atoms with Gasteiger partial charge in [-0.25, -0.2) is 0 Å². The zero-order chi connectivity index (χ0) is 11.9. The molecule has 0 heterocycles. The summed E-state index contributed by atoms with van der Waals surface area (Å²) in [5.74, 6) is 0.216. The molecule has 0 aromatic rings. The van der Waals surface area contributed by atoms with Crippen LogP contribution in [0.25, 0.3) is 0 Å². The Labute approximate surface area is 110 Å². The van der Waals surface area contributed by atoms with Crippen LogP contribution in [0.4, 0.5) is 0 Å². The van der Waals surface area contributed by atoms with Gasteiger partial charge < -0.3 is 15.4 Å². The minimum absolute atomic E-state index is 0. The number of carbonyl (C=O) groups is 1. The number of nitrogens with one attached hydrogen (secondary N) is 2. The van der Waals surface area contributed by atoms with E-state index in [2.05, 4.69) is 17.6 Å². The van der Waals surface area contributed by atoms with Gasteiger partial charge in [0.2, 0.25) is 5.91 Å². The Morgan fingerprint density at radius 1 is 1.35 bits per heavy atom. The van der Waals surface area contributed by atoms with Crippen molar-refractivity contribution in [2.75, 3.05) is 33.4 Å². The monoisotopic (exact) mass is 264 g/mol. The van der Waals surface area contributed by atoms with E-state index in [1.54, 1.807) is 7.11 Å². The second kappa shape index (κ2) is 8.72. The molecule has 102 valence electrons. The molecular formula is C12H25ClN2O2.